The van der Waals surface area contributed by atoms with Gasteiger partial charge in [-0.15, -0.1) is 0 Å². The molecule has 254 valence electrons. The average molecular weight is 678 g/mol. The van der Waals surface area contributed by atoms with Crippen molar-refractivity contribution >= 4 is 17.1 Å². The van der Waals surface area contributed by atoms with Crippen molar-refractivity contribution in [2.45, 2.75) is 58.0 Å². The summed E-state index contributed by atoms with van der Waals surface area (Å²) in [6, 6.07) is 13.9. The minimum Gasteiger partial charge on any atom is -0.490 e. The van der Waals surface area contributed by atoms with E-state index < -0.39 is 29.4 Å². The van der Waals surface area contributed by atoms with Gasteiger partial charge in [0.1, 0.15) is 41.5 Å². The standard InChI is InChI=1S/C37H33F2N7O4/c1-2-45-22-41-18-25(45)19-46-35(42-33-9-8-32(43-36(33)46)28-5-6-29(28)37(47)48)20-44-13-11-26(12-14-44)50-27-4-7-30(38)24(16-27)21-49-34-10-3-23(17-40)15-31(34)39/h3-4,7-10,15-16,18,22,26,28-29H,2,11-14,19-21H2,1H3,(H,47,48). The summed E-state index contributed by atoms with van der Waals surface area (Å²) in [7, 11) is 0. The largest absolute Gasteiger partial charge is 0.490 e. The molecule has 7 rings (SSSR count). The molecule has 4 heterocycles. The number of nitriles is 1. The molecule has 0 radical (unpaired) electrons. The first-order valence-corrected chi connectivity index (χ1v) is 16.4. The maximum absolute atomic E-state index is 14.6. The zero-order chi connectivity index (χ0) is 34.8. The summed E-state index contributed by atoms with van der Waals surface area (Å²) in [5.74, 6) is 3.59. The van der Waals surface area contributed by atoms with Gasteiger partial charge in [-0.3, -0.25) is 9.69 Å². The quantitative estimate of drug-likeness (QED) is 0.176. The molecule has 11 nitrogen and oxygen atoms in total. The Morgan fingerprint density at radius 2 is 1.90 bits per heavy atom. The first-order valence-electron chi connectivity index (χ1n) is 16.4. The van der Waals surface area contributed by atoms with Crippen LogP contribution in [0.4, 0.5) is 8.78 Å². The number of hydrogen-bond donors (Lipinski definition) is 1. The van der Waals surface area contributed by atoms with E-state index in [1.807, 2.05) is 24.4 Å². The Bertz CT molecular complexity index is 2170. The van der Waals surface area contributed by atoms with E-state index in [0.717, 1.165) is 55.6 Å². The molecule has 0 amide bonds. The summed E-state index contributed by atoms with van der Waals surface area (Å²) in [6.45, 7) is 5.18. The number of pyridine rings is 1. The highest BCUT2D eigenvalue weighted by Crippen LogP contribution is 2.31. The molecule has 50 heavy (non-hydrogen) atoms. The van der Waals surface area contributed by atoms with Gasteiger partial charge >= 0.3 is 5.97 Å². The molecule has 1 saturated heterocycles. The molecule has 3 aromatic heterocycles. The second-order valence-electron chi connectivity index (χ2n) is 12.3. The number of halogens is 2. The van der Waals surface area contributed by atoms with Gasteiger partial charge in [0.2, 0.25) is 0 Å². The predicted molar refractivity (Wildman–Crippen MR) is 177 cm³/mol. The van der Waals surface area contributed by atoms with E-state index >= 15 is 0 Å². The first kappa shape index (κ1) is 32.7. The lowest BCUT2D eigenvalue weighted by Crippen LogP contribution is -2.38. The van der Waals surface area contributed by atoms with Crippen LogP contribution in [0.1, 0.15) is 54.0 Å². The fourth-order valence-corrected chi connectivity index (χ4v) is 6.30. The number of nitrogens with zero attached hydrogens (tertiary/aromatic N) is 7. The van der Waals surface area contributed by atoms with Crippen LogP contribution in [0, 0.1) is 40.7 Å². The van der Waals surface area contributed by atoms with Gasteiger partial charge in [-0.25, -0.2) is 23.7 Å². The third-order valence-corrected chi connectivity index (χ3v) is 9.13. The lowest BCUT2D eigenvalue weighted by molar-refractivity contribution is -0.140. The molecule has 0 saturated carbocycles. The highest BCUT2D eigenvalue weighted by Gasteiger charge is 2.34. The normalized spacial score (nSPS) is 17.5. The average Bonchev–Trinajstić information content (AvgIpc) is 3.69. The second kappa shape index (κ2) is 14.0. The van der Waals surface area contributed by atoms with E-state index in [4.69, 9.17) is 24.7 Å². The summed E-state index contributed by atoms with van der Waals surface area (Å²) in [5, 5.41) is 18.5. The van der Waals surface area contributed by atoms with Crippen LogP contribution in [0.5, 0.6) is 11.5 Å². The third-order valence-electron chi connectivity index (χ3n) is 9.13. The molecule has 1 N–H and O–H groups in total. The van der Waals surface area contributed by atoms with Crippen LogP contribution in [-0.4, -0.2) is 59.3 Å². The molecule has 1 aliphatic heterocycles. The molecule has 2 aliphatic rings. The molecule has 2 aromatic carbocycles. The van der Waals surface area contributed by atoms with E-state index in [1.54, 1.807) is 18.5 Å². The number of aromatic nitrogens is 5. The smallest absolute Gasteiger partial charge is 0.320 e. The Kier molecular flexibility index (Phi) is 9.15. The summed E-state index contributed by atoms with van der Waals surface area (Å²) >= 11 is 0. The Morgan fingerprint density at radius 1 is 1.06 bits per heavy atom. The van der Waals surface area contributed by atoms with Crippen LogP contribution in [0.2, 0.25) is 0 Å². The van der Waals surface area contributed by atoms with Gasteiger partial charge in [0.25, 0.3) is 0 Å². The van der Waals surface area contributed by atoms with Crippen LogP contribution in [0.25, 0.3) is 11.2 Å². The number of fused-ring (bicyclic) bond motifs is 1. The van der Waals surface area contributed by atoms with E-state index in [1.165, 1.54) is 18.2 Å². The van der Waals surface area contributed by atoms with Crippen LogP contribution in [0.15, 0.2) is 61.1 Å². The molecule has 0 spiro atoms. The van der Waals surface area contributed by atoms with Gasteiger partial charge in [0.15, 0.2) is 17.2 Å². The van der Waals surface area contributed by atoms with Crippen LogP contribution >= 0.6 is 0 Å². The zero-order valence-electron chi connectivity index (χ0n) is 27.2. The fourth-order valence-electron chi connectivity index (χ4n) is 6.30. The van der Waals surface area contributed by atoms with Crippen molar-refractivity contribution in [3.63, 3.8) is 0 Å². The maximum Gasteiger partial charge on any atom is 0.320 e. The topological polar surface area (TPSA) is 131 Å². The number of carbonyl (C=O) groups is 1. The summed E-state index contributed by atoms with van der Waals surface area (Å²) in [6.07, 6.45) is 5.02. The number of aliphatic carboxylic acids is 1. The number of carboxylic acid groups (broad SMARTS) is 1. The molecule has 2 unspecified atom stereocenters. The van der Waals surface area contributed by atoms with Gasteiger partial charge in [0.05, 0.1) is 48.4 Å². The zero-order valence-corrected chi connectivity index (χ0v) is 27.2. The maximum atomic E-state index is 14.6. The number of piperidine rings is 1. The van der Waals surface area contributed by atoms with Crippen LogP contribution in [0.3, 0.4) is 0 Å². The van der Waals surface area contributed by atoms with Gasteiger partial charge in [-0.2, -0.15) is 5.26 Å². The van der Waals surface area contributed by atoms with Crippen molar-refractivity contribution in [3.8, 4) is 29.4 Å². The number of carboxylic acids is 1. The van der Waals surface area contributed by atoms with E-state index in [-0.39, 0.29) is 29.6 Å². The van der Waals surface area contributed by atoms with Crippen molar-refractivity contribution in [2.24, 2.45) is 5.92 Å². The highest BCUT2D eigenvalue weighted by molar-refractivity contribution is 5.79. The number of hydrogen-bond acceptors (Lipinski definition) is 8. The van der Waals surface area contributed by atoms with Crippen molar-refractivity contribution in [3.05, 3.63) is 101 Å². The van der Waals surface area contributed by atoms with E-state index in [2.05, 4.69) is 37.8 Å². The molecule has 13 heteroatoms. The molecule has 1 aliphatic carbocycles. The molecule has 0 bridgehead atoms. The minimum atomic E-state index is -0.950. The summed E-state index contributed by atoms with van der Waals surface area (Å²) in [5.41, 5.74) is 3.42. The number of aryl methyl sites for hydroxylation is 1. The fraction of sp³-hybridized carbons (Fsp3) is 0.324. The first-order chi connectivity index (χ1) is 24.3. The Labute approximate surface area is 286 Å². The Hall–Kier alpha value is -5.79. The second-order valence-corrected chi connectivity index (χ2v) is 12.3. The van der Waals surface area contributed by atoms with Crippen molar-refractivity contribution < 1.29 is 28.2 Å². The Morgan fingerprint density at radius 3 is 2.62 bits per heavy atom. The molecule has 2 atom stereocenters. The minimum absolute atomic E-state index is 0.0673. The number of imidazole rings is 2. The van der Waals surface area contributed by atoms with Gasteiger partial charge in [-0.1, -0.05) is 11.8 Å². The summed E-state index contributed by atoms with van der Waals surface area (Å²) < 4.78 is 44.8. The molecular weight excluding hydrogens is 644 g/mol. The lowest BCUT2D eigenvalue weighted by atomic mass is 9.83. The van der Waals surface area contributed by atoms with Crippen molar-refractivity contribution in [1.29, 1.82) is 5.26 Å². The highest BCUT2D eigenvalue weighted by atomic mass is 19.1. The van der Waals surface area contributed by atoms with Gasteiger partial charge in [-0.05, 0) is 68.3 Å². The van der Waals surface area contributed by atoms with E-state index in [9.17, 15) is 18.7 Å². The monoisotopic (exact) mass is 677 g/mol. The van der Waals surface area contributed by atoms with Crippen LogP contribution in [-0.2, 0) is 31.0 Å². The summed E-state index contributed by atoms with van der Waals surface area (Å²) in [4.78, 5) is 28.1. The number of rotatable bonds is 12. The molecule has 5 aromatic rings. The lowest BCUT2D eigenvalue weighted by Gasteiger charge is -2.32. The number of ether oxygens (including phenoxy) is 2. The molecule has 1 fully saturated rings. The van der Waals surface area contributed by atoms with Gasteiger partial charge in [0, 0.05) is 31.4 Å². The third kappa shape index (κ3) is 6.73. The Balaban J connectivity index is 1.03. The predicted octanol–water partition coefficient (Wildman–Crippen LogP) is 5.27. The SMILES string of the molecule is CCn1cncc1Cn1c(CN2CCC(Oc3ccc(F)c(COc4ccc(C#N)cc4F)c3)CC2)nc2ccc(C3C#CC3C(=O)O)nc21. The van der Waals surface area contributed by atoms with E-state index in [0.29, 0.717) is 30.2 Å². The van der Waals surface area contributed by atoms with Crippen molar-refractivity contribution in [1.82, 2.24) is 29.0 Å². The van der Waals surface area contributed by atoms with Gasteiger partial charge < -0.3 is 23.7 Å². The number of benzene rings is 2. The van der Waals surface area contributed by atoms with Crippen molar-refractivity contribution in [2.75, 3.05) is 13.1 Å². The molecular formula is C37H33F2N7O4. The number of likely N-dealkylation sites (tertiary alicyclic amines) is 1. The van der Waals surface area contributed by atoms with Crippen LogP contribution < -0.4 is 9.47 Å².